The van der Waals surface area contributed by atoms with Gasteiger partial charge in [0.05, 0.1) is 11.5 Å². The van der Waals surface area contributed by atoms with Gasteiger partial charge in [0.15, 0.2) is 5.82 Å². The van der Waals surface area contributed by atoms with E-state index < -0.39 is 4.92 Å². The summed E-state index contributed by atoms with van der Waals surface area (Å²) in [6.45, 7) is 2.14. The largest absolute Gasteiger partial charge is 0.461 e. The van der Waals surface area contributed by atoms with E-state index in [0.29, 0.717) is 18.1 Å². The third-order valence-corrected chi connectivity index (χ3v) is 3.78. The Balaban J connectivity index is 1.82. The smallest absolute Gasteiger partial charge is 0.311 e. The second kappa shape index (κ2) is 7.79. The highest BCUT2D eigenvalue weighted by Crippen LogP contribution is 2.29. The lowest BCUT2D eigenvalue weighted by Crippen LogP contribution is -2.31. The normalized spacial score (nSPS) is 13.6. The summed E-state index contributed by atoms with van der Waals surface area (Å²) in [4.78, 5) is 26.1. The van der Waals surface area contributed by atoms with Crippen molar-refractivity contribution in [3.63, 3.8) is 0 Å². The minimum atomic E-state index is -0.495. The fourth-order valence-corrected chi connectivity index (χ4v) is 2.43. The summed E-state index contributed by atoms with van der Waals surface area (Å²) in [6, 6.07) is 9.93. The van der Waals surface area contributed by atoms with Gasteiger partial charge >= 0.3 is 11.7 Å². The van der Waals surface area contributed by atoms with Gasteiger partial charge in [-0.25, -0.2) is 4.98 Å². The molecule has 1 aliphatic heterocycles. The van der Waals surface area contributed by atoms with Crippen molar-refractivity contribution in [1.29, 1.82) is 0 Å². The van der Waals surface area contributed by atoms with E-state index in [4.69, 9.17) is 4.74 Å². The summed E-state index contributed by atoms with van der Waals surface area (Å²) < 4.78 is 4.93. The van der Waals surface area contributed by atoms with E-state index >= 15 is 0 Å². The number of hydrazone groups is 1. The van der Waals surface area contributed by atoms with Crippen LogP contribution in [0.5, 0.6) is 0 Å². The second-order valence-corrected chi connectivity index (χ2v) is 5.82. The molecule has 0 bridgehead atoms. The van der Waals surface area contributed by atoms with Crippen molar-refractivity contribution in [3.05, 3.63) is 52.1 Å². The molecule has 10 heteroatoms. The van der Waals surface area contributed by atoms with Crippen molar-refractivity contribution in [2.75, 3.05) is 24.0 Å². The third-order valence-electron chi connectivity index (χ3n) is 3.78. The zero-order chi connectivity index (χ0) is 19.4. The van der Waals surface area contributed by atoms with E-state index in [1.165, 1.54) is 13.0 Å². The van der Waals surface area contributed by atoms with E-state index in [-0.39, 0.29) is 24.1 Å². The predicted molar refractivity (Wildman–Crippen MR) is 99.7 cm³/mol. The van der Waals surface area contributed by atoms with Gasteiger partial charge in [0.25, 0.3) is 0 Å². The number of carbonyl (C=O) groups is 1. The average Bonchev–Trinajstić information content (AvgIpc) is 3.07. The molecular formula is C17H18N6O4. The molecule has 0 spiro atoms. The number of nitrogens with zero attached hydrogens (tertiary/aromatic N) is 5. The molecule has 1 aliphatic rings. The molecule has 1 aromatic carbocycles. The maximum atomic E-state index is 11.3. The molecule has 0 saturated heterocycles. The molecule has 27 heavy (non-hydrogen) atoms. The second-order valence-electron chi connectivity index (χ2n) is 5.82. The molecule has 0 amide bonds. The van der Waals surface area contributed by atoms with Crippen LogP contribution in [-0.2, 0) is 16.1 Å². The topological polar surface area (TPSA) is 113 Å². The molecule has 0 saturated carbocycles. The summed E-state index contributed by atoms with van der Waals surface area (Å²) in [5.41, 5.74) is 1.28. The molecule has 0 aliphatic carbocycles. The van der Waals surface area contributed by atoms with Crippen LogP contribution < -0.4 is 10.4 Å². The summed E-state index contributed by atoms with van der Waals surface area (Å²) in [5.74, 6) is 0.218. The van der Waals surface area contributed by atoms with Crippen molar-refractivity contribution in [2.24, 2.45) is 5.10 Å². The number of pyridine rings is 1. The molecule has 2 aromatic rings. The Hall–Kier alpha value is -3.53. The van der Waals surface area contributed by atoms with Crippen molar-refractivity contribution >= 4 is 35.2 Å². The lowest BCUT2D eigenvalue weighted by molar-refractivity contribution is -0.384. The van der Waals surface area contributed by atoms with Gasteiger partial charge in [0, 0.05) is 31.9 Å². The number of hydrogen-bond acceptors (Lipinski definition) is 9. The molecule has 0 fully saturated rings. The van der Waals surface area contributed by atoms with Crippen LogP contribution in [0.25, 0.3) is 0 Å². The van der Waals surface area contributed by atoms with Crippen molar-refractivity contribution in [1.82, 2.24) is 9.99 Å². The Morgan fingerprint density at radius 1 is 1.30 bits per heavy atom. The minimum absolute atomic E-state index is 0.112. The number of nitrogens with one attached hydrogen (secondary N) is 1. The van der Waals surface area contributed by atoms with Crippen LogP contribution in [0.3, 0.4) is 0 Å². The molecule has 0 unspecified atom stereocenters. The van der Waals surface area contributed by atoms with E-state index in [9.17, 15) is 14.9 Å². The Labute approximate surface area is 155 Å². The molecule has 0 radical (unpaired) electrons. The number of rotatable bonds is 6. The fourth-order valence-electron chi connectivity index (χ4n) is 2.43. The van der Waals surface area contributed by atoms with Crippen LogP contribution >= 0.6 is 0 Å². The van der Waals surface area contributed by atoms with Crippen LogP contribution in [0.1, 0.15) is 12.5 Å². The van der Waals surface area contributed by atoms with E-state index in [1.54, 1.807) is 41.7 Å². The first-order valence-electron chi connectivity index (χ1n) is 8.12. The molecule has 10 nitrogen and oxygen atoms in total. The van der Waals surface area contributed by atoms with Crippen molar-refractivity contribution in [2.45, 2.75) is 13.5 Å². The molecule has 2 heterocycles. The first-order chi connectivity index (χ1) is 12.9. The first kappa shape index (κ1) is 18.3. The standard InChI is InChI=1S/C17H18N6O4/c1-12(24)27-11-13-3-5-14(6-4-13)19-17-15(23(25)26)7-8-16(20-17)22-18-9-10-21(22)2/h3-9H,10-11H2,1-2H3,(H,19,20). The SMILES string of the molecule is CC(=O)OCc1ccc(Nc2nc(N3N=CCN3C)ccc2[N+](=O)[O-])cc1. The number of carbonyl (C=O) groups excluding carboxylic acids is 1. The first-order valence-corrected chi connectivity index (χ1v) is 8.12. The van der Waals surface area contributed by atoms with Gasteiger partial charge in [0.1, 0.15) is 6.61 Å². The van der Waals surface area contributed by atoms with Crippen LogP contribution in [0.2, 0.25) is 0 Å². The predicted octanol–water partition coefficient (Wildman–Crippen LogP) is 2.45. The highest BCUT2D eigenvalue weighted by Gasteiger charge is 2.22. The molecule has 140 valence electrons. The number of esters is 1. The zero-order valence-electron chi connectivity index (χ0n) is 14.8. The molecular weight excluding hydrogens is 352 g/mol. The number of anilines is 3. The van der Waals surface area contributed by atoms with Gasteiger partial charge in [-0.05, 0) is 23.8 Å². The number of nitro groups is 1. The lowest BCUT2D eigenvalue weighted by Gasteiger charge is -2.21. The number of hydrogen-bond donors (Lipinski definition) is 1. The van der Waals surface area contributed by atoms with Gasteiger partial charge in [-0.3, -0.25) is 14.9 Å². The fraction of sp³-hybridized carbons (Fsp3) is 0.235. The van der Waals surface area contributed by atoms with Crippen molar-refractivity contribution < 1.29 is 14.5 Å². The van der Waals surface area contributed by atoms with Gasteiger partial charge in [-0.2, -0.15) is 15.2 Å². The maximum absolute atomic E-state index is 11.3. The van der Waals surface area contributed by atoms with Gasteiger partial charge < -0.3 is 10.1 Å². The monoisotopic (exact) mass is 370 g/mol. The lowest BCUT2D eigenvalue weighted by atomic mass is 10.2. The minimum Gasteiger partial charge on any atom is -0.461 e. The van der Waals surface area contributed by atoms with E-state index in [2.05, 4.69) is 15.4 Å². The van der Waals surface area contributed by atoms with Crippen LogP contribution in [-0.4, -0.2) is 40.7 Å². The maximum Gasteiger partial charge on any atom is 0.311 e. The number of aromatic nitrogens is 1. The Morgan fingerprint density at radius 2 is 2.04 bits per heavy atom. The Morgan fingerprint density at radius 3 is 2.63 bits per heavy atom. The van der Waals surface area contributed by atoms with Gasteiger partial charge in [-0.15, -0.1) is 0 Å². The highest BCUT2D eigenvalue weighted by molar-refractivity contribution is 5.70. The van der Waals surface area contributed by atoms with Crippen LogP contribution in [0, 0.1) is 10.1 Å². The third kappa shape index (κ3) is 4.36. The zero-order valence-corrected chi connectivity index (χ0v) is 14.8. The van der Waals surface area contributed by atoms with Gasteiger partial charge in [0.2, 0.25) is 5.82 Å². The quantitative estimate of drug-likeness (QED) is 0.469. The summed E-state index contributed by atoms with van der Waals surface area (Å²) in [6.07, 6.45) is 1.72. The van der Waals surface area contributed by atoms with Gasteiger partial charge in [-0.1, -0.05) is 12.1 Å². The van der Waals surface area contributed by atoms with Crippen molar-refractivity contribution in [3.8, 4) is 0 Å². The number of benzene rings is 1. The Kier molecular flexibility index (Phi) is 5.27. The highest BCUT2D eigenvalue weighted by atomic mass is 16.6. The molecule has 0 atom stereocenters. The summed E-state index contributed by atoms with van der Waals surface area (Å²) in [5, 5.41) is 21.9. The number of hydrazine groups is 1. The number of ether oxygens (including phenoxy) is 1. The van der Waals surface area contributed by atoms with Crippen LogP contribution in [0.4, 0.5) is 23.0 Å². The molecule has 1 N–H and O–H groups in total. The Bertz CT molecular complexity index is 883. The molecule has 1 aromatic heterocycles. The molecule has 3 rings (SSSR count). The summed E-state index contributed by atoms with van der Waals surface area (Å²) >= 11 is 0. The summed E-state index contributed by atoms with van der Waals surface area (Å²) in [7, 11) is 1.84. The average molecular weight is 370 g/mol. The van der Waals surface area contributed by atoms with E-state index in [1.807, 2.05) is 12.1 Å². The van der Waals surface area contributed by atoms with E-state index in [0.717, 1.165) is 5.56 Å². The van der Waals surface area contributed by atoms with Crippen LogP contribution in [0.15, 0.2) is 41.5 Å².